The van der Waals surface area contributed by atoms with Gasteiger partial charge >= 0.3 is 6.18 Å². The molecular weight excluding hydrogens is 376 g/mol. The molecule has 1 fully saturated rings. The molecule has 152 valence electrons. The largest absolute Gasteiger partial charge is 0.419 e. The van der Waals surface area contributed by atoms with Crippen LogP contribution in [0.5, 0.6) is 0 Å². The van der Waals surface area contributed by atoms with Gasteiger partial charge in [-0.25, -0.2) is 4.39 Å². The maximum atomic E-state index is 13.7. The number of carbonyl (C=O) groups excluding carboxylic acids is 1. The van der Waals surface area contributed by atoms with Crippen molar-refractivity contribution < 1.29 is 22.4 Å². The molecule has 2 heterocycles. The SMILES string of the molecule is O=C(CCCN1CCCCC1)Nc1cc(-c2ccc(C(F)(F)F)c(F)c2)[nH]n1. The van der Waals surface area contributed by atoms with Crippen molar-refractivity contribution in [2.45, 2.75) is 38.3 Å². The fourth-order valence-electron chi connectivity index (χ4n) is 3.30. The molecule has 1 aromatic heterocycles. The number of nitrogens with zero attached hydrogens (tertiary/aromatic N) is 2. The van der Waals surface area contributed by atoms with Crippen LogP contribution in [0.1, 0.15) is 37.7 Å². The van der Waals surface area contributed by atoms with E-state index in [1.54, 1.807) is 0 Å². The number of rotatable bonds is 6. The molecule has 1 saturated heterocycles. The van der Waals surface area contributed by atoms with E-state index in [0.29, 0.717) is 18.2 Å². The summed E-state index contributed by atoms with van der Waals surface area (Å²) in [7, 11) is 0. The molecule has 28 heavy (non-hydrogen) atoms. The molecule has 0 bridgehead atoms. The number of amides is 1. The maximum absolute atomic E-state index is 13.7. The highest BCUT2D eigenvalue weighted by Crippen LogP contribution is 2.33. The fraction of sp³-hybridized carbons (Fsp3) is 0.474. The van der Waals surface area contributed by atoms with Gasteiger partial charge in [-0.05, 0) is 51.0 Å². The van der Waals surface area contributed by atoms with Gasteiger partial charge in [0.1, 0.15) is 5.82 Å². The van der Waals surface area contributed by atoms with Crippen molar-refractivity contribution in [1.29, 1.82) is 0 Å². The van der Waals surface area contributed by atoms with Crippen LogP contribution in [-0.4, -0.2) is 40.6 Å². The number of alkyl halides is 3. The van der Waals surface area contributed by atoms with Crippen molar-refractivity contribution in [2.24, 2.45) is 0 Å². The third-order valence-electron chi connectivity index (χ3n) is 4.76. The van der Waals surface area contributed by atoms with E-state index in [0.717, 1.165) is 38.2 Å². The summed E-state index contributed by atoms with van der Waals surface area (Å²) in [5.74, 6) is -1.30. The summed E-state index contributed by atoms with van der Waals surface area (Å²) in [5, 5.41) is 9.17. The Bertz CT molecular complexity index is 813. The van der Waals surface area contributed by atoms with E-state index in [1.165, 1.54) is 25.3 Å². The van der Waals surface area contributed by atoms with Crippen LogP contribution in [0, 0.1) is 5.82 Å². The van der Waals surface area contributed by atoms with Crippen LogP contribution in [0.3, 0.4) is 0 Å². The smallest absolute Gasteiger partial charge is 0.309 e. The number of hydrogen-bond donors (Lipinski definition) is 2. The lowest BCUT2D eigenvalue weighted by atomic mass is 10.1. The zero-order valence-electron chi connectivity index (χ0n) is 15.3. The van der Waals surface area contributed by atoms with Crippen molar-refractivity contribution >= 4 is 11.7 Å². The first kappa shape index (κ1) is 20.3. The molecule has 0 radical (unpaired) electrons. The number of hydrogen-bond acceptors (Lipinski definition) is 3. The molecule has 2 aromatic rings. The number of H-pyrrole nitrogens is 1. The summed E-state index contributed by atoms with van der Waals surface area (Å²) in [6, 6.07) is 4.10. The Morgan fingerprint density at radius 2 is 1.93 bits per heavy atom. The van der Waals surface area contributed by atoms with Crippen LogP contribution in [0.25, 0.3) is 11.3 Å². The predicted octanol–water partition coefficient (Wildman–Crippen LogP) is 4.44. The molecule has 9 heteroatoms. The number of anilines is 1. The average molecular weight is 398 g/mol. The minimum absolute atomic E-state index is 0.186. The highest BCUT2D eigenvalue weighted by Gasteiger charge is 2.34. The van der Waals surface area contributed by atoms with E-state index in [-0.39, 0.29) is 17.3 Å². The van der Waals surface area contributed by atoms with Crippen LogP contribution in [-0.2, 0) is 11.0 Å². The summed E-state index contributed by atoms with van der Waals surface area (Å²) in [6.07, 6.45) is 0.0195. The highest BCUT2D eigenvalue weighted by molar-refractivity contribution is 5.90. The zero-order valence-corrected chi connectivity index (χ0v) is 15.3. The first-order chi connectivity index (χ1) is 13.3. The number of nitrogens with one attached hydrogen (secondary N) is 2. The third kappa shape index (κ3) is 5.31. The Hall–Kier alpha value is -2.42. The van der Waals surface area contributed by atoms with E-state index in [1.807, 2.05) is 0 Å². The van der Waals surface area contributed by atoms with Crippen molar-refractivity contribution in [3.63, 3.8) is 0 Å². The second-order valence-corrected chi connectivity index (χ2v) is 6.91. The number of aromatic nitrogens is 2. The molecule has 0 atom stereocenters. The summed E-state index contributed by atoms with van der Waals surface area (Å²) in [6.45, 7) is 3.03. The van der Waals surface area contributed by atoms with E-state index in [2.05, 4.69) is 20.4 Å². The van der Waals surface area contributed by atoms with Gasteiger partial charge in [-0.2, -0.15) is 18.3 Å². The van der Waals surface area contributed by atoms with Crippen molar-refractivity contribution in [3.8, 4) is 11.3 Å². The van der Waals surface area contributed by atoms with Gasteiger partial charge in [-0.3, -0.25) is 9.89 Å². The van der Waals surface area contributed by atoms with E-state index < -0.39 is 17.6 Å². The van der Waals surface area contributed by atoms with Crippen molar-refractivity contribution in [2.75, 3.05) is 25.0 Å². The van der Waals surface area contributed by atoms with Gasteiger partial charge in [-0.1, -0.05) is 12.5 Å². The minimum atomic E-state index is -4.75. The monoisotopic (exact) mass is 398 g/mol. The number of likely N-dealkylation sites (tertiary alicyclic amines) is 1. The Kier molecular flexibility index (Phi) is 6.33. The molecule has 1 amide bonds. The second kappa shape index (κ2) is 8.72. The van der Waals surface area contributed by atoms with Crippen LogP contribution in [0.15, 0.2) is 24.3 Å². The summed E-state index contributed by atoms with van der Waals surface area (Å²) in [5.41, 5.74) is -0.794. The van der Waals surface area contributed by atoms with Gasteiger partial charge in [0, 0.05) is 18.1 Å². The molecule has 5 nitrogen and oxygen atoms in total. The Labute approximate surface area is 160 Å². The quantitative estimate of drug-likeness (QED) is 0.708. The van der Waals surface area contributed by atoms with Crippen molar-refractivity contribution in [3.05, 3.63) is 35.6 Å². The highest BCUT2D eigenvalue weighted by atomic mass is 19.4. The van der Waals surface area contributed by atoms with Gasteiger partial charge in [0.15, 0.2) is 5.82 Å². The Morgan fingerprint density at radius 3 is 2.61 bits per heavy atom. The summed E-state index contributed by atoms with van der Waals surface area (Å²) in [4.78, 5) is 14.4. The first-order valence-corrected chi connectivity index (χ1v) is 9.27. The lowest BCUT2D eigenvalue weighted by molar-refractivity contribution is -0.140. The lowest BCUT2D eigenvalue weighted by Gasteiger charge is -2.26. The minimum Gasteiger partial charge on any atom is -0.309 e. The van der Waals surface area contributed by atoms with Gasteiger partial charge < -0.3 is 10.2 Å². The standard InChI is InChI=1S/C19H22F4N4O/c20-15-11-13(6-7-14(15)19(21,22)23)16-12-17(26-25-16)24-18(28)5-4-10-27-8-2-1-3-9-27/h6-7,11-12H,1-5,8-10H2,(H2,24,25,26,28). The van der Waals surface area contributed by atoms with Crippen LogP contribution in [0.2, 0.25) is 0 Å². The molecular formula is C19H22F4N4O. The molecule has 0 saturated carbocycles. The van der Waals surface area contributed by atoms with E-state index in [4.69, 9.17) is 0 Å². The maximum Gasteiger partial charge on any atom is 0.419 e. The van der Waals surface area contributed by atoms with Gasteiger partial charge in [0.2, 0.25) is 5.91 Å². The van der Waals surface area contributed by atoms with Gasteiger partial charge in [-0.15, -0.1) is 0 Å². The van der Waals surface area contributed by atoms with Gasteiger partial charge in [0.05, 0.1) is 11.3 Å². The Morgan fingerprint density at radius 1 is 1.18 bits per heavy atom. The summed E-state index contributed by atoms with van der Waals surface area (Å²) >= 11 is 0. The Balaban J connectivity index is 1.53. The molecule has 0 unspecified atom stereocenters. The number of carbonyl (C=O) groups is 1. The number of halogens is 4. The third-order valence-corrected chi connectivity index (χ3v) is 4.76. The van der Waals surface area contributed by atoms with Crippen molar-refractivity contribution in [1.82, 2.24) is 15.1 Å². The second-order valence-electron chi connectivity index (χ2n) is 6.91. The molecule has 0 aliphatic carbocycles. The molecule has 1 aromatic carbocycles. The predicted molar refractivity (Wildman–Crippen MR) is 97.1 cm³/mol. The molecule has 0 spiro atoms. The average Bonchev–Trinajstić information content (AvgIpc) is 3.10. The normalized spacial score (nSPS) is 15.6. The van der Waals surface area contributed by atoms with Crippen LogP contribution in [0.4, 0.5) is 23.4 Å². The molecule has 1 aliphatic heterocycles. The first-order valence-electron chi connectivity index (χ1n) is 9.27. The number of piperidine rings is 1. The van der Waals surface area contributed by atoms with E-state index >= 15 is 0 Å². The van der Waals surface area contributed by atoms with E-state index in [9.17, 15) is 22.4 Å². The zero-order chi connectivity index (χ0) is 20.1. The fourth-order valence-corrected chi connectivity index (χ4v) is 3.30. The molecule has 3 rings (SSSR count). The van der Waals surface area contributed by atoms with Gasteiger partial charge in [0.25, 0.3) is 0 Å². The molecule has 2 N–H and O–H groups in total. The number of benzene rings is 1. The van der Waals surface area contributed by atoms with Crippen LogP contribution >= 0.6 is 0 Å². The van der Waals surface area contributed by atoms with Crippen LogP contribution < -0.4 is 5.32 Å². The molecule has 1 aliphatic rings. The topological polar surface area (TPSA) is 61.0 Å². The summed E-state index contributed by atoms with van der Waals surface area (Å²) < 4.78 is 51.6. The lowest BCUT2D eigenvalue weighted by Crippen LogP contribution is -2.31. The number of aromatic amines is 1.